The summed E-state index contributed by atoms with van der Waals surface area (Å²) >= 11 is 0. The fraction of sp³-hybridized carbons (Fsp3) is 0.500. The number of nitrogens with zero attached hydrogens (tertiary/aromatic N) is 3. The van der Waals surface area contributed by atoms with Crippen molar-refractivity contribution in [3.8, 4) is 11.5 Å². The Balaban J connectivity index is 1.45. The number of ether oxygens (including phenoxy) is 2. The van der Waals surface area contributed by atoms with Crippen molar-refractivity contribution < 1.29 is 18.8 Å². The van der Waals surface area contributed by atoms with Gasteiger partial charge in [0.2, 0.25) is 5.89 Å². The van der Waals surface area contributed by atoms with Crippen molar-refractivity contribution in [2.75, 3.05) is 20.2 Å². The van der Waals surface area contributed by atoms with Crippen LogP contribution in [0, 0.1) is 5.92 Å². The van der Waals surface area contributed by atoms with Crippen LogP contribution in [0.2, 0.25) is 0 Å². The van der Waals surface area contributed by atoms with Crippen LogP contribution in [-0.2, 0) is 13.0 Å². The monoisotopic (exact) mass is 360 g/mol. The Bertz CT molecular complexity index is 746. The van der Waals surface area contributed by atoms with Crippen molar-refractivity contribution in [2.24, 2.45) is 5.92 Å². The Morgan fingerprint density at radius 3 is 2.88 bits per heavy atom. The molecule has 0 unspecified atom stereocenters. The van der Waals surface area contributed by atoms with Crippen LogP contribution in [0.5, 0.6) is 11.5 Å². The van der Waals surface area contributed by atoms with E-state index in [1.807, 2.05) is 24.3 Å². The van der Waals surface area contributed by atoms with Crippen molar-refractivity contribution in [3.05, 3.63) is 36.0 Å². The van der Waals surface area contributed by atoms with Crippen LogP contribution in [-0.4, -0.2) is 47.4 Å². The lowest BCUT2D eigenvalue weighted by Crippen LogP contribution is -2.45. The lowest BCUT2D eigenvalue weighted by atomic mass is 10.1. The number of hydrogen-bond donors (Lipinski definition) is 1. The Morgan fingerprint density at radius 1 is 1.35 bits per heavy atom. The third kappa shape index (κ3) is 4.65. The van der Waals surface area contributed by atoms with E-state index in [2.05, 4.69) is 29.3 Å². The van der Waals surface area contributed by atoms with Crippen LogP contribution >= 0.6 is 0 Å². The van der Waals surface area contributed by atoms with Crippen LogP contribution < -0.4 is 14.8 Å². The molecular weight excluding hydrogens is 336 g/mol. The highest BCUT2D eigenvalue weighted by molar-refractivity contribution is 5.73. The number of nitrogens with one attached hydrogen (secondary N) is 1. The van der Waals surface area contributed by atoms with Gasteiger partial charge < -0.3 is 24.2 Å². The van der Waals surface area contributed by atoms with Gasteiger partial charge >= 0.3 is 6.03 Å². The quantitative estimate of drug-likeness (QED) is 0.850. The molecule has 0 saturated carbocycles. The van der Waals surface area contributed by atoms with Crippen molar-refractivity contribution >= 4 is 6.03 Å². The zero-order chi connectivity index (χ0) is 18.5. The number of benzene rings is 1. The van der Waals surface area contributed by atoms with E-state index >= 15 is 0 Å². The summed E-state index contributed by atoms with van der Waals surface area (Å²) in [6.07, 6.45) is 0.505. The van der Waals surface area contributed by atoms with Gasteiger partial charge in [-0.2, -0.15) is 4.98 Å². The summed E-state index contributed by atoms with van der Waals surface area (Å²) in [6.45, 7) is 5.19. The molecule has 0 saturated heterocycles. The van der Waals surface area contributed by atoms with Gasteiger partial charge in [0.15, 0.2) is 23.4 Å². The topological polar surface area (TPSA) is 89.7 Å². The first-order chi connectivity index (χ1) is 12.5. The molecule has 26 heavy (non-hydrogen) atoms. The van der Waals surface area contributed by atoms with Crippen LogP contribution in [0.25, 0.3) is 0 Å². The minimum Gasteiger partial charge on any atom is -0.486 e. The van der Waals surface area contributed by atoms with Crippen LogP contribution in [0.3, 0.4) is 0 Å². The minimum absolute atomic E-state index is 0.218. The SMILES string of the molecule is CC(C)Cc1nc(CNC(=O)N(C)C[C@@H]2COc3ccccc3O2)no1. The number of rotatable bonds is 6. The number of urea groups is 1. The number of amides is 2. The van der Waals surface area contributed by atoms with Gasteiger partial charge in [-0.15, -0.1) is 0 Å². The Labute approximate surface area is 152 Å². The Kier molecular flexibility index (Phi) is 5.60. The molecule has 2 amide bonds. The molecule has 1 atom stereocenters. The van der Waals surface area contributed by atoms with Crippen LogP contribution in [0.1, 0.15) is 25.6 Å². The number of likely N-dealkylation sites (N-methyl/N-ethyl adjacent to an activating group) is 1. The molecule has 0 radical (unpaired) electrons. The predicted octanol–water partition coefficient (Wildman–Crippen LogP) is 2.25. The van der Waals surface area contributed by atoms with Crippen molar-refractivity contribution in [2.45, 2.75) is 32.9 Å². The summed E-state index contributed by atoms with van der Waals surface area (Å²) in [6, 6.07) is 7.27. The first-order valence-corrected chi connectivity index (χ1v) is 8.70. The number of hydrogen-bond acceptors (Lipinski definition) is 6. The summed E-state index contributed by atoms with van der Waals surface area (Å²) in [5.41, 5.74) is 0. The first kappa shape index (κ1) is 18.0. The highest BCUT2D eigenvalue weighted by Gasteiger charge is 2.23. The maximum atomic E-state index is 12.3. The largest absolute Gasteiger partial charge is 0.486 e. The second kappa shape index (κ2) is 8.07. The molecule has 2 heterocycles. The third-order valence-electron chi connectivity index (χ3n) is 3.88. The van der Waals surface area contributed by atoms with Gasteiger partial charge in [-0.25, -0.2) is 4.79 Å². The van der Waals surface area contributed by atoms with Gasteiger partial charge in [0.25, 0.3) is 0 Å². The molecule has 1 aromatic carbocycles. The highest BCUT2D eigenvalue weighted by atomic mass is 16.6. The molecular formula is C18H24N4O4. The lowest BCUT2D eigenvalue weighted by Gasteiger charge is -2.29. The Morgan fingerprint density at radius 2 is 2.12 bits per heavy atom. The molecule has 2 aromatic rings. The standard InChI is InChI=1S/C18H24N4O4/c1-12(2)8-17-20-16(21-26-17)9-19-18(23)22(3)10-13-11-24-14-6-4-5-7-15(14)25-13/h4-7,12-13H,8-11H2,1-3H3,(H,19,23)/t13-/m1/s1. The molecule has 3 rings (SSSR count). The average Bonchev–Trinajstić information content (AvgIpc) is 3.06. The first-order valence-electron chi connectivity index (χ1n) is 8.70. The number of carbonyl (C=O) groups is 1. The molecule has 0 bridgehead atoms. The van der Waals surface area contributed by atoms with E-state index in [-0.39, 0.29) is 18.7 Å². The molecule has 1 aliphatic rings. The van der Waals surface area contributed by atoms with E-state index in [9.17, 15) is 4.79 Å². The zero-order valence-electron chi connectivity index (χ0n) is 15.3. The van der Waals surface area contributed by atoms with Crippen molar-refractivity contribution in [3.63, 3.8) is 0 Å². The van der Waals surface area contributed by atoms with Gasteiger partial charge in [0.1, 0.15) is 6.61 Å². The normalized spacial score (nSPS) is 15.8. The number of fused-ring (bicyclic) bond motifs is 1. The molecule has 0 spiro atoms. The zero-order valence-corrected chi connectivity index (χ0v) is 15.3. The summed E-state index contributed by atoms with van der Waals surface area (Å²) in [4.78, 5) is 18.1. The Hall–Kier alpha value is -2.77. The summed E-state index contributed by atoms with van der Waals surface area (Å²) < 4.78 is 16.7. The smallest absolute Gasteiger partial charge is 0.317 e. The minimum atomic E-state index is -0.234. The van der Waals surface area contributed by atoms with Gasteiger partial charge in [-0.05, 0) is 18.1 Å². The summed E-state index contributed by atoms with van der Waals surface area (Å²) in [5, 5.41) is 6.66. The second-order valence-corrected chi connectivity index (χ2v) is 6.74. The van der Waals surface area contributed by atoms with E-state index in [1.54, 1.807) is 11.9 Å². The summed E-state index contributed by atoms with van der Waals surface area (Å²) in [5.74, 6) is 2.91. The van der Waals surface area contributed by atoms with E-state index in [0.717, 1.165) is 12.2 Å². The van der Waals surface area contributed by atoms with Crippen LogP contribution in [0.4, 0.5) is 4.79 Å². The van der Waals surface area contributed by atoms with Gasteiger partial charge in [-0.1, -0.05) is 31.1 Å². The van der Waals surface area contributed by atoms with Gasteiger partial charge in [-0.3, -0.25) is 0 Å². The van der Waals surface area contributed by atoms with Crippen molar-refractivity contribution in [1.29, 1.82) is 0 Å². The molecule has 1 aromatic heterocycles. The van der Waals surface area contributed by atoms with E-state index in [0.29, 0.717) is 36.5 Å². The number of para-hydroxylation sites is 2. The highest BCUT2D eigenvalue weighted by Crippen LogP contribution is 2.30. The fourth-order valence-corrected chi connectivity index (χ4v) is 2.63. The lowest BCUT2D eigenvalue weighted by molar-refractivity contribution is 0.0715. The number of aromatic nitrogens is 2. The van der Waals surface area contributed by atoms with E-state index in [4.69, 9.17) is 14.0 Å². The summed E-state index contributed by atoms with van der Waals surface area (Å²) in [7, 11) is 1.71. The molecule has 1 aliphatic heterocycles. The van der Waals surface area contributed by atoms with Gasteiger partial charge in [0, 0.05) is 13.5 Å². The average molecular weight is 360 g/mol. The number of carbonyl (C=O) groups excluding carboxylic acids is 1. The maximum absolute atomic E-state index is 12.3. The molecule has 0 aliphatic carbocycles. The van der Waals surface area contributed by atoms with Gasteiger partial charge in [0.05, 0.1) is 13.1 Å². The third-order valence-corrected chi connectivity index (χ3v) is 3.88. The fourth-order valence-electron chi connectivity index (χ4n) is 2.63. The maximum Gasteiger partial charge on any atom is 0.317 e. The molecule has 8 heteroatoms. The van der Waals surface area contributed by atoms with E-state index in [1.165, 1.54) is 0 Å². The van der Waals surface area contributed by atoms with Crippen LogP contribution in [0.15, 0.2) is 28.8 Å². The van der Waals surface area contributed by atoms with E-state index < -0.39 is 0 Å². The predicted molar refractivity (Wildman–Crippen MR) is 94.1 cm³/mol. The molecule has 0 fully saturated rings. The molecule has 1 N–H and O–H groups in total. The van der Waals surface area contributed by atoms with Crippen molar-refractivity contribution in [1.82, 2.24) is 20.4 Å². The second-order valence-electron chi connectivity index (χ2n) is 6.74. The molecule has 8 nitrogen and oxygen atoms in total. The molecule has 140 valence electrons.